The van der Waals surface area contributed by atoms with E-state index >= 15 is 0 Å². The lowest BCUT2D eigenvalue weighted by Crippen LogP contribution is -2.49. The second kappa shape index (κ2) is 6.86. The number of ether oxygens (including phenoxy) is 1. The maximum Gasteiger partial charge on any atom is 0.239 e. The summed E-state index contributed by atoms with van der Waals surface area (Å²) in [6, 6.07) is -0.324. The van der Waals surface area contributed by atoms with Crippen molar-refractivity contribution >= 4 is 5.91 Å². The van der Waals surface area contributed by atoms with Crippen molar-refractivity contribution in [3.63, 3.8) is 0 Å². The van der Waals surface area contributed by atoms with E-state index in [0.717, 1.165) is 38.6 Å². The minimum Gasteiger partial charge on any atom is -0.380 e. The quantitative estimate of drug-likeness (QED) is 0.767. The van der Waals surface area contributed by atoms with E-state index in [1.54, 1.807) is 7.11 Å². The molecule has 0 aromatic carbocycles. The highest BCUT2D eigenvalue weighted by Gasteiger charge is 2.26. The van der Waals surface area contributed by atoms with Crippen molar-refractivity contribution in [2.45, 2.75) is 51.2 Å². The van der Waals surface area contributed by atoms with Crippen LogP contribution in [0, 0.1) is 0 Å². The average molecular weight is 228 g/mol. The molecule has 1 rings (SSSR count). The Labute approximate surface area is 98.1 Å². The van der Waals surface area contributed by atoms with Gasteiger partial charge in [0.05, 0.1) is 12.1 Å². The Balaban J connectivity index is 2.40. The second-order valence-electron chi connectivity index (χ2n) is 4.53. The molecule has 2 atom stereocenters. The molecule has 0 bridgehead atoms. The molecule has 16 heavy (non-hydrogen) atoms. The van der Waals surface area contributed by atoms with Crippen molar-refractivity contribution in [1.82, 2.24) is 4.90 Å². The summed E-state index contributed by atoms with van der Waals surface area (Å²) in [6.45, 7) is 3.65. The Morgan fingerprint density at radius 3 is 3.00 bits per heavy atom. The van der Waals surface area contributed by atoms with Gasteiger partial charge in [0.15, 0.2) is 0 Å². The van der Waals surface area contributed by atoms with Crippen LogP contribution in [0.3, 0.4) is 0 Å². The molecule has 1 amide bonds. The lowest BCUT2D eigenvalue weighted by molar-refractivity contribution is -0.136. The summed E-state index contributed by atoms with van der Waals surface area (Å²) >= 11 is 0. The zero-order valence-electron chi connectivity index (χ0n) is 10.4. The van der Waals surface area contributed by atoms with Crippen molar-refractivity contribution in [3.05, 3.63) is 0 Å². The van der Waals surface area contributed by atoms with Gasteiger partial charge in [0.1, 0.15) is 0 Å². The highest BCUT2D eigenvalue weighted by molar-refractivity contribution is 5.81. The van der Waals surface area contributed by atoms with Gasteiger partial charge in [0, 0.05) is 20.2 Å². The van der Waals surface area contributed by atoms with Crippen LogP contribution in [-0.2, 0) is 9.53 Å². The lowest BCUT2D eigenvalue weighted by Gasteiger charge is -2.33. The number of hydrogen-bond donors (Lipinski definition) is 1. The molecule has 0 radical (unpaired) electrons. The normalized spacial score (nSPS) is 23.2. The molecule has 0 aromatic rings. The van der Waals surface area contributed by atoms with Crippen LogP contribution in [0.4, 0.5) is 0 Å². The number of carbonyl (C=O) groups is 1. The number of piperidine rings is 1. The van der Waals surface area contributed by atoms with Crippen molar-refractivity contribution in [3.8, 4) is 0 Å². The van der Waals surface area contributed by atoms with Gasteiger partial charge in [0.25, 0.3) is 0 Å². The Bertz CT molecular complexity index is 221. The van der Waals surface area contributed by atoms with Crippen molar-refractivity contribution in [2.75, 3.05) is 20.2 Å². The third kappa shape index (κ3) is 3.76. The maximum absolute atomic E-state index is 12.0. The molecule has 4 heteroatoms. The molecule has 0 aliphatic carbocycles. The van der Waals surface area contributed by atoms with Crippen LogP contribution < -0.4 is 5.73 Å². The first-order valence-corrected chi connectivity index (χ1v) is 6.26. The van der Waals surface area contributed by atoms with E-state index in [9.17, 15) is 4.79 Å². The fourth-order valence-electron chi connectivity index (χ4n) is 2.11. The first-order valence-electron chi connectivity index (χ1n) is 6.26. The molecule has 4 nitrogen and oxygen atoms in total. The fourth-order valence-corrected chi connectivity index (χ4v) is 2.11. The number of methoxy groups -OCH3 is 1. The molecule has 1 saturated heterocycles. The number of hydrogen-bond acceptors (Lipinski definition) is 3. The number of likely N-dealkylation sites (tertiary alicyclic amines) is 1. The van der Waals surface area contributed by atoms with Gasteiger partial charge in [-0.15, -0.1) is 0 Å². The van der Waals surface area contributed by atoms with E-state index in [4.69, 9.17) is 10.5 Å². The van der Waals surface area contributed by atoms with Gasteiger partial charge in [-0.05, 0) is 19.3 Å². The van der Waals surface area contributed by atoms with Crippen LogP contribution in [-0.4, -0.2) is 43.2 Å². The molecule has 0 spiro atoms. The van der Waals surface area contributed by atoms with Crippen LogP contribution in [0.2, 0.25) is 0 Å². The van der Waals surface area contributed by atoms with Crippen molar-refractivity contribution < 1.29 is 9.53 Å². The summed E-state index contributed by atoms with van der Waals surface area (Å²) in [5.41, 5.74) is 5.89. The van der Waals surface area contributed by atoms with Crippen LogP contribution in [0.1, 0.15) is 39.0 Å². The molecule has 94 valence electrons. The molecule has 2 N–H and O–H groups in total. The number of nitrogens with zero attached hydrogens (tertiary/aromatic N) is 1. The Morgan fingerprint density at radius 1 is 1.62 bits per heavy atom. The van der Waals surface area contributed by atoms with Gasteiger partial charge in [-0.3, -0.25) is 4.79 Å². The monoisotopic (exact) mass is 228 g/mol. The summed E-state index contributed by atoms with van der Waals surface area (Å²) in [6.07, 6.45) is 5.16. The van der Waals surface area contributed by atoms with Crippen LogP contribution >= 0.6 is 0 Å². The summed E-state index contributed by atoms with van der Waals surface area (Å²) in [5, 5.41) is 0. The predicted molar refractivity (Wildman–Crippen MR) is 64.1 cm³/mol. The molecule has 1 aliphatic heterocycles. The molecular weight excluding hydrogens is 204 g/mol. The number of carbonyl (C=O) groups excluding carboxylic acids is 1. The van der Waals surface area contributed by atoms with Gasteiger partial charge >= 0.3 is 0 Å². The summed E-state index contributed by atoms with van der Waals surface area (Å²) in [5.74, 6) is 0.0928. The minimum absolute atomic E-state index is 0.0928. The van der Waals surface area contributed by atoms with Crippen LogP contribution in [0.5, 0.6) is 0 Å². The first-order chi connectivity index (χ1) is 7.69. The first kappa shape index (κ1) is 13.5. The Kier molecular flexibility index (Phi) is 5.77. The number of rotatable bonds is 5. The number of amides is 1. The van der Waals surface area contributed by atoms with Crippen molar-refractivity contribution in [1.29, 1.82) is 0 Å². The number of unbranched alkanes of at least 4 members (excludes halogenated alkanes) is 1. The molecule has 1 heterocycles. The van der Waals surface area contributed by atoms with E-state index in [-0.39, 0.29) is 18.1 Å². The summed E-state index contributed by atoms with van der Waals surface area (Å²) in [7, 11) is 1.70. The van der Waals surface area contributed by atoms with E-state index in [2.05, 4.69) is 6.92 Å². The third-order valence-electron chi connectivity index (χ3n) is 3.21. The molecule has 1 fully saturated rings. The highest BCUT2D eigenvalue weighted by atomic mass is 16.5. The van der Waals surface area contributed by atoms with E-state index < -0.39 is 0 Å². The topological polar surface area (TPSA) is 55.6 Å². The van der Waals surface area contributed by atoms with E-state index in [1.807, 2.05) is 4.90 Å². The second-order valence-corrected chi connectivity index (χ2v) is 4.53. The average Bonchev–Trinajstić information content (AvgIpc) is 2.35. The summed E-state index contributed by atoms with van der Waals surface area (Å²) < 4.78 is 5.30. The predicted octanol–water partition coefficient (Wildman–Crippen LogP) is 1.14. The van der Waals surface area contributed by atoms with E-state index in [1.165, 1.54) is 0 Å². The van der Waals surface area contributed by atoms with E-state index in [0.29, 0.717) is 6.54 Å². The smallest absolute Gasteiger partial charge is 0.239 e. The van der Waals surface area contributed by atoms with Gasteiger partial charge in [-0.1, -0.05) is 19.8 Å². The standard InChI is InChI=1S/C12H24N2O2/c1-3-4-7-11(13)12(15)14-8-5-6-10(9-14)16-2/h10-11H,3-9,13H2,1-2H3/t10-,11+/m1/s1. The fraction of sp³-hybridized carbons (Fsp3) is 0.917. The third-order valence-corrected chi connectivity index (χ3v) is 3.21. The van der Waals surface area contributed by atoms with Crippen LogP contribution in [0.25, 0.3) is 0 Å². The Morgan fingerprint density at radius 2 is 2.38 bits per heavy atom. The summed E-state index contributed by atoms with van der Waals surface area (Å²) in [4.78, 5) is 13.9. The SMILES string of the molecule is CCCC[C@H](N)C(=O)N1CCC[C@@H](OC)C1. The lowest BCUT2D eigenvalue weighted by atomic mass is 10.0. The minimum atomic E-state index is -0.324. The maximum atomic E-state index is 12.0. The van der Waals surface area contributed by atoms with Crippen molar-refractivity contribution in [2.24, 2.45) is 5.73 Å². The molecule has 0 unspecified atom stereocenters. The van der Waals surface area contributed by atoms with Gasteiger partial charge in [-0.25, -0.2) is 0 Å². The largest absolute Gasteiger partial charge is 0.380 e. The van der Waals surface area contributed by atoms with Gasteiger partial charge in [0.2, 0.25) is 5.91 Å². The highest BCUT2D eigenvalue weighted by Crippen LogP contribution is 2.14. The number of nitrogens with two attached hydrogens (primary N) is 1. The molecule has 0 aromatic heterocycles. The van der Waals surface area contributed by atoms with Gasteiger partial charge < -0.3 is 15.4 Å². The zero-order chi connectivity index (χ0) is 12.0. The molecular formula is C12H24N2O2. The van der Waals surface area contributed by atoms with Crippen LogP contribution in [0.15, 0.2) is 0 Å². The zero-order valence-corrected chi connectivity index (χ0v) is 10.4. The van der Waals surface area contributed by atoms with Gasteiger partial charge in [-0.2, -0.15) is 0 Å². The molecule has 1 aliphatic rings. The Hall–Kier alpha value is -0.610. The molecule has 0 saturated carbocycles.